The van der Waals surface area contributed by atoms with Gasteiger partial charge in [0.25, 0.3) is 0 Å². The van der Waals surface area contributed by atoms with Gasteiger partial charge in [0, 0.05) is 32.1 Å². The van der Waals surface area contributed by atoms with Crippen LogP contribution in [0.2, 0.25) is 0 Å². The molecule has 3 fully saturated rings. The average molecular weight is 444 g/mol. The summed E-state index contributed by atoms with van der Waals surface area (Å²) < 4.78 is 11.6. The molecular formula is C28H43O4. The van der Waals surface area contributed by atoms with Crippen LogP contribution in [0.5, 0.6) is 0 Å². The number of fused-ring (bicyclic) bond motifs is 5. The minimum atomic E-state index is -0.253. The summed E-state index contributed by atoms with van der Waals surface area (Å²) in [6.07, 6.45) is 11.9. The molecule has 0 unspecified atom stereocenters. The molecule has 1 radical (unpaired) electrons. The fourth-order valence-electron chi connectivity index (χ4n) is 8.85. The molecule has 9 atom stereocenters. The molecule has 0 amide bonds. The number of rotatable bonds is 5. The first-order chi connectivity index (χ1) is 15.1. The van der Waals surface area contributed by atoms with E-state index >= 15 is 0 Å². The van der Waals surface area contributed by atoms with E-state index in [1.54, 1.807) is 0 Å². The van der Waals surface area contributed by atoms with Crippen molar-refractivity contribution in [3.05, 3.63) is 18.6 Å². The Balaban J connectivity index is 1.64. The van der Waals surface area contributed by atoms with Gasteiger partial charge in [-0.25, -0.2) is 0 Å². The van der Waals surface area contributed by atoms with Gasteiger partial charge >= 0.3 is 11.9 Å². The highest BCUT2D eigenvalue weighted by molar-refractivity contribution is 5.67. The van der Waals surface area contributed by atoms with E-state index in [1.165, 1.54) is 51.5 Å². The van der Waals surface area contributed by atoms with Gasteiger partial charge in [0.05, 0.1) is 0 Å². The third kappa shape index (κ3) is 3.84. The highest BCUT2D eigenvalue weighted by atomic mass is 16.6. The Bertz CT molecular complexity index is 771. The van der Waals surface area contributed by atoms with Crippen molar-refractivity contribution in [1.29, 1.82) is 0 Å². The molecule has 179 valence electrons. The first-order valence-electron chi connectivity index (χ1n) is 12.9. The Labute approximate surface area is 194 Å². The zero-order valence-electron chi connectivity index (χ0n) is 20.8. The quantitative estimate of drug-likeness (QED) is 0.370. The summed E-state index contributed by atoms with van der Waals surface area (Å²) in [7, 11) is 0. The molecule has 4 rings (SSSR count). The Morgan fingerprint density at radius 3 is 2.50 bits per heavy atom. The highest BCUT2D eigenvalue weighted by Crippen LogP contribution is 2.67. The lowest BCUT2D eigenvalue weighted by Crippen LogP contribution is -2.57. The van der Waals surface area contributed by atoms with Crippen molar-refractivity contribution in [2.24, 2.45) is 40.4 Å². The van der Waals surface area contributed by atoms with Crippen molar-refractivity contribution >= 4 is 11.9 Å². The normalized spacial score (nSPS) is 43.9. The lowest BCUT2D eigenvalue weighted by atomic mass is 9.46. The molecular weight excluding hydrogens is 400 g/mol. The lowest BCUT2D eigenvalue weighted by Gasteiger charge is -2.60. The van der Waals surface area contributed by atoms with Gasteiger partial charge in [0.1, 0.15) is 12.2 Å². The van der Waals surface area contributed by atoms with Crippen LogP contribution in [0.3, 0.4) is 0 Å². The maximum absolute atomic E-state index is 12.1. The monoisotopic (exact) mass is 443 g/mol. The molecule has 4 nitrogen and oxygen atoms in total. The van der Waals surface area contributed by atoms with Crippen LogP contribution in [0.4, 0.5) is 0 Å². The smallest absolute Gasteiger partial charge is 0.302 e. The molecule has 0 aromatic rings. The lowest BCUT2D eigenvalue weighted by molar-refractivity contribution is -0.172. The molecule has 4 heteroatoms. The van der Waals surface area contributed by atoms with Gasteiger partial charge in [-0.15, -0.1) is 0 Å². The van der Waals surface area contributed by atoms with Crippen LogP contribution < -0.4 is 0 Å². The molecule has 32 heavy (non-hydrogen) atoms. The molecule has 3 saturated carbocycles. The number of carbonyl (C=O) groups is 2. The van der Waals surface area contributed by atoms with Gasteiger partial charge in [-0.2, -0.15) is 0 Å². The fourth-order valence-corrected chi connectivity index (χ4v) is 8.85. The maximum Gasteiger partial charge on any atom is 0.302 e. The standard InChI is InChI=1S/C28H43O4/c1-7-8-17(2)23-11-12-24-22-10-9-20-15-21(31-18(3)29)16-26(32-19(4)30)28(20,6)25(22)13-14-27(23,24)5/h9,17,21-26H,1,7-8,10-16H2,2-6H3/t17-,21-,22+,23-,24+,25+,26+,27-,28+/m1/s1. The van der Waals surface area contributed by atoms with Crippen molar-refractivity contribution in [3.8, 4) is 0 Å². The second-order valence-corrected chi connectivity index (χ2v) is 11.7. The van der Waals surface area contributed by atoms with Gasteiger partial charge in [-0.3, -0.25) is 9.59 Å². The van der Waals surface area contributed by atoms with Gasteiger partial charge in [-0.1, -0.05) is 52.2 Å². The van der Waals surface area contributed by atoms with E-state index in [9.17, 15) is 9.59 Å². The first-order valence-corrected chi connectivity index (χ1v) is 12.9. The molecule has 0 heterocycles. The zero-order chi connectivity index (χ0) is 23.3. The van der Waals surface area contributed by atoms with Crippen LogP contribution in [0.1, 0.15) is 92.4 Å². The average Bonchev–Trinajstić information content (AvgIpc) is 3.05. The maximum atomic E-state index is 12.1. The number of allylic oxidation sites excluding steroid dienone is 1. The number of carbonyl (C=O) groups excluding carboxylic acids is 2. The van der Waals surface area contributed by atoms with Crippen molar-refractivity contribution in [2.75, 3.05) is 0 Å². The Hall–Kier alpha value is -1.32. The first kappa shape index (κ1) is 23.8. The van der Waals surface area contributed by atoms with Gasteiger partial charge in [0.2, 0.25) is 0 Å². The predicted octanol–water partition coefficient (Wildman–Crippen LogP) is 6.29. The summed E-state index contributed by atoms with van der Waals surface area (Å²) in [6, 6.07) is 0. The summed E-state index contributed by atoms with van der Waals surface area (Å²) in [5.74, 6) is 3.00. The van der Waals surface area contributed by atoms with Gasteiger partial charge < -0.3 is 9.47 Å². The van der Waals surface area contributed by atoms with E-state index in [1.807, 2.05) is 0 Å². The van der Waals surface area contributed by atoms with E-state index in [-0.39, 0.29) is 29.6 Å². The van der Waals surface area contributed by atoms with E-state index in [4.69, 9.17) is 9.47 Å². The molecule has 0 aromatic heterocycles. The molecule has 0 aromatic carbocycles. The van der Waals surface area contributed by atoms with Crippen LogP contribution in [-0.2, 0) is 19.1 Å². The number of hydrogen-bond acceptors (Lipinski definition) is 4. The fraction of sp³-hybridized carbons (Fsp3) is 0.821. The van der Waals surface area contributed by atoms with E-state index in [0.717, 1.165) is 37.0 Å². The molecule has 0 N–H and O–H groups in total. The largest absolute Gasteiger partial charge is 0.462 e. The topological polar surface area (TPSA) is 52.6 Å². The SMILES string of the molecule is [CH2]CC[C@@H](C)[C@H]1CC[C@H]2[C@@H]3CC=C4C[C@@H](OC(C)=O)C[C@H](OC(C)=O)[C@]4(C)[C@H]3CC[C@]12C. The molecule has 0 saturated heterocycles. The number of esters is 2. The number of ether oxygens (including phenoxy) is 2. The van der Waals surface area contributed by atoms with Gasteiger partial charge in [0.15, 0.2) is 0 Å². The van der Waals surface area contributed by atoms with Crippen LogP contribution in [0.25, 0.3) is 0 Å². The van der Waals surface area contributed by atoms with Crippen LogP contribution in [0.15, 0.2) is 11.6 Å². The third-order valence-corrected chi connectivity index (χ3v) is 10.2. The van der Waals surface area contributed by atoms with Crippen LogP contribution in [0, 0.1) is 47.3 Å². The number of hydrogen-bond donors (Lipinski definition) is 0. The summed E-state index contributed by atoms with van der Waals surface area (Å²) in [4.78, 5) is 23.7. The molecule has 4 aliphatic rings. The van der Waals surface area contributed by atoms with Crippen LogP contribution in [-0.4, -0.2) is 24.1 Å². The summed E-state index contributed by atoms with van der Waals surface area (Å²) in [5.41, 5.74) is 1.62. The van der Waals surface area contributed by atoms with Crippen molar-refractivity contribution in [2.45, 2.75) is 105 Å². The summed E-state index contributed by atoms with van der Waals surface area (Å²) >= 11 is 0. The summed E-state index contributed by atoms with van der Waals surface area (Å²) in [5, 5.41) is 0. The van der Waals surface area contributed by atoms with E-state index < -0.39 is 0 Å². The van der Waals surface area contributed by atoms with E-state index in [2.05, 4.69) is 33.8 Å². The predicted molar refractivity (Wildman–Crippen MR) is 125 cm³/mol. The molecule has 0 spiro atoms. The second kappa shape index (κ2) is 8.80. The Morgan fingerprint density at radius 1 is 1.12 bits per heavy atom. The molecule has 0 aliphatic heterocycles. The second-order valence-electron chi connectivity index (χ2n) is 11.7. The highest BCUT2D eigenvalue weighted by Gasteiger charge is 2.62. The van der Waals surface area contributed by atoms with Gasteiger partial charge in [-0.05, 0) is 67.1 Å². The van der Waals surface area contributed by atoms with E-state index in [0.29, 0.717) is 23.7 Å². The third-order valence-electron chi connectivity index (χ3n) is 10.2. The Kier molecular flexibility index (Phi) is 6.55. The minimum Gasteiger partial charge on any atom is -0.462 e. The summed E-state index contributed by atoms with van der Waals surface area (Å²) in [6.45, 7) is 14.5. The van der Waals surface area contributed by atoms with Crippen LogP contribution >= 0.6 is 0 Å². The van der Waals surface area contributed by atoms with Crippen molar-refractivity contribution < 1.29 is 19.1 Å². The minimum absolute atomic E-state index is 0.149. The zero-order valence-corrected chi connectivity index (χ0v) is 20.8. The van der Waals surface area contributed by atoms with Crippen molar-refractivity contribution in [1.82, 2.24) is 0 Å². The molecule has 4 aliphatic carbocycles. The van der Waals surface area contributed by atoms with Crippen molar-refractivity contribution in [3.63, 3.8) is 0 Å². The Morgan fingerprint density at radius 2 is 1.84 bits per heavy atom. The molecule has 0 bridgehead atoms.